The van der Waals surface area contributed by atoms with Gasteiger partial charge >= 0.3 is 6.18 Å². The molecule has 1 atom stereocenters. The second-order valence-electron chi connectivity index (χ2n) is 6.83. The highest BCUT2D eigenvalue weighted by Crippen LogP contribution is 2.34. The molecule has 28 heavy (non-hydrogen) atoms. The van der Waals surface area contributed by atoms with Gasteiger partial charge in [-0.05, 0) is 49.2 Å². The summed E-state index contributed by atoms with van der Waals surface area (Å²) in [5, 5.41) is 5.04. The Morgan fingerprint density at radius 1 is 0.929 bits per heavy atom. The van der Waals surface area contributed by atoms with Crippen molar-refractivity contribution < 1.29 is 27.7 Å². The van der Waals surface area contributed by atoms with Crippen molar-refractivity contribution in [2.24, 2.45) is 0 Å². The van der Waals surface area contributed by atoms with Crippen LogP contribution in [0.2, 0.25) is 0 Å². The predicted octanol–water partition coefficient (Wildman–Crippen LogP) is 2.41. The minimum Gasteiger partial charge on any atom is -0.322 e. The quantitative estimate of drug-likeness (QED) is 0.705. The number of likely N-dealkylation sites (N-methyl/N-ethyl adjacent to an activating group) is 1. The van der Waals surface area contributed by atoms with E-state index < -0.39 is 17.6 Å². The Kier molecular flexibility index (Phi) is 6.80. The van der Waals surface area contributed by atoms with Gasteiger partial charge < -0.3 is 15.5 Å². The molecular formula is C20H23F3N3O2+. The third-order valence-corrected chi connectivity index (χ3v) is 3.94. The third kappa shape index (κ3) is 6.38. The van der Waals surface area contributed by atoms with Crippen molar-refractivity contribution in [2.45, 2.75) is 20.0 Å². The van der Waals surface area contributed by atoms with Crippen molar-refractivity contribution in [3.8, 4) is 0 Å². The monoisotopic (exact) mass is 394 g/mol. The van der Waals surface area contributed by atoms with E-state index in [9.17, 15) is 22.8 Å². The predicted molar refractivity (Wildman–Crippen MR) is 101 cm³/mol. The maximum absolute atomic E-state index is 13.0. The molecule has 5 nitrogen and oxygen atoms in total. The van der Waals surface area contributed by atoms with E-state index in [-0.39, 0.29) is 24.7 Å². The molecule has 2 rings (SSSR count). The number of quaternary nitrogens is 1. The molecule has 150 valence electrons. The summed E-state index contributed by atoms with van der Waals surface area (Å²) in [5.41, 5.74) is 1.48. The number of aryl methyl sites for hydroxylation is 2. The van der Waals surface area contributed by atoms with Crippen molar-refractivity contribution in [2.75, 3.05) is 30.8 Å². The fourth-order valence-corrected chi connectivity index (χ4v) is 2.90. The molecule has 0 aliphatic carbocycles. The van der Waals surface area contributed by atoms with Crippen molar-refractivity contribution in [3.05, 3.63) is 59.2 Å². The molecule has 0 heterocycles. The SMILES string of the molecule is Cc1cc(C)cc(NC(=O)C[NH+](C)CC(=O)Nc2ccccc2C(F)(F)F)c1. The molecule has 0 bridgehead atoms. The van der Waals surface area contributed by atoms with E-state index >= 15 is 0 Å². The average Bonchev–Trinajstić information content (AvgIpc) is 2.52. The van der Waals surface area contributed by atoms with Crippen LogP contribution < -0.4 is 15.5 Å². The average molecular weight is 394 g/mol. The first-order valence-electron chi connectivity index (χ1n) is 8.70. The van der Waals surface area contributed by atoms with Gasteiger partial charge in [-0.3, -0.25) is 9.59 Å². The van der Waals surface area contributed by atoms with Gasteiger partial charge in [0.2, 0.25) is 0 Å². The number of amides is 2. The maximum Gasteiger partial charge on any atom is 0.418 e. The van der Waals surface area contributed by atoms with Crippen LogP contribution in [0.25, 0.3) is 0 Å². The first-order valence-corrected chi connectivity index (χ1v) is 8.70. The number of para-hydroxylation sites is 1. The van der Waals surface area contributed by atoms with E-state index in [1.807, 2.05) is 32.0 Å². The summed E-state index contributed by atoms with van der Waals surface area (Å²) >= 11 is 0. The Morgan fingerprint density at radius 2 is 1.46 bits per heavy atom. The molecule has 0 spiro atoms. The summed E-state index contributed by atoms with van der Waals surface area (Å²) in [4.78, 5) is 24.8. The van der Waals surface area contributed by atoms with E-state index in [0.29, 0.717) is 10.6 Å². The van der Waals surface area contributed by atoms with Crippen LogP contribution in [0.1, 0.15) is 16.7 Å². The number of rotatable bonds is 6. The van der Waals surface area contributed by atoms with E-state index in [1.165, 1.54) is 18.2 Å². The normalized spacial score (nSPS) is 12.4. The minimum absolute atomic E-state index is 0.00132. The second-order valence-corrected chi connectivity index (χ2v) is 6.83. The van der Waals surface area contributed by atoms with Gasteiger partial charge in [-0.25, -0.2) is 0 Å². The topological polar surface area (TPSA) is 62.6 Å². The fraction of sp³-hybridized carbons (Fsp3) is 0.300. The van der Waals surface area contributed by atoms with Crippen LogP contribution in [-0.2, 0) is 15.8 Å². The molecular weight excluding hydrogens is 371 g/mol. The molecule has 0 radical (unpaired) electrons. The highest BCUT2D eigenvalue weighted by atomic mass is 19.4. The molecule has 0 saturated carbocycles. The first kappa shape index (κ1) is 21.4. The maximum atomic E-state index is 13.0. The number of alkyl halides is 3. The lowest BCUT2D eigenvalue weighted by atomic mass is 10.1. The van der Waals surface area contributed by atoms with E-state index in [2.05, 4.69) is 10.6 Å². The smallest absolute Gasteiger partial charge is 0.322 e. The molecule has 0 saturated heterocycles. The van der Waals surface area contributed by atoms with Gasteiger partial charge in [-0.1, -0.05) is 18.2 Å². The van der Waals surface area contributed by atoms with Gasteiger partial charge in [0.15, 0.2) is 13.1 Å². The molecule has 0 aliphatic heterocycles. The Balaban J connectivity index is 1.91. The summed E-state index contributed by atoms with van der Waals surface area (Å²) < 4.78 is 39.0. The van der Waals surface area contributed by atoms with Gasteiger partial charge in [-0.2, -0.15) is 13.2 Å². The largest absolute Gasteiger partial charge is 0.418 e. The fourth-order valence-electron chi connectivity index (χ4n) is 2.90. The number of benzene rings is 2. The summed E-state index contributed by atoms with van der Waals surface area (Å²) in [6, 6.07) is 10.4. The van der Waals surface area contributed by atoms with Crippen LogP contribution in [0.3, 0.4) is 0 Å². The van der Waals surface area contributed by atoms with Crippen LogP contribution in [0, 0.1) is 13.8 Å². The van der Waals surface area contributed by atoms with Crippen LogP contribution in [0.5, 0.6) is 0 Å². The molecule has 0 aliphatic rings. The van der Waals surface area contributed by atoms with Crippen LogP contribution >= 0.6 is 0 Å². The molecule has 1 unspecified atom stereocenters. The summed E-state index contributed by atoms with van der Waals surface area (Å²) in [5.74, 6) is -0.889. The van der Waals surface area contributed by atoms with Crippen molar-refractivity contribution in [3.63, 3.8) is 0 Å². The van der Waals surface area contributed by atoms with Gasteiger partial charge in [-0.15, -0.1) is 0 Å². The lowest BCUT2D eigenvalue weighted by Crippen LogP contribution is -3.11. The van der Waals surface area contributed by atoms with Gasteiger partial charge in [0.1, 0.15) is 0 Å². The molecule has 8 heteroatoms. The zero-order valence-corrected chi connectivity index (χ0v) is 15.9. The van der Waals surface area contributed by atoms with Gasteiger partial charge in [0.25, 0.3) is 11.8 Å². The number of carbonyl (C=O) groups is 2. The summed E-state index contributed by atoms with van der Waals surface area (Å²) in [6.07, 6.45) is -4.56. The number of nitrogens with one attached hydrogen (secondary N) is 3. The third-order valence-electron chi connectivity index (χ3n) is 3.94. The summed E-state index contributed by atoms with van der Waals surface area (Å²) in [7, 11) is 1.62. The molecule has 0 aromatic heterocycles. The number of hydrogen-bond donors (Lipinski definition) is 3. The van der Waals surface area contributed by atoms with Crippen LogP contribution in [-0.4, -0.2) is 32.0 Å². The highest BCUT2D eigenvalue weighted by molar-refractivity contribution is 5.93. The number of hydrogen-bond acceptors (Lipinski definition) is 2. The van der Waals surface area contributed by atoms with Crippen LogP contribution in [0.15, 0.2) is 42.5 Å². The molecule has 0 fully saturated rings. The van der Waals surface area contributed by atoms with Crippen molar-refractivity contribution >= 4 is 23.2 Å². The van der Waals surface area contributed by atoms with E-state index in [0.717, 1.165) is 17.2 Å². The Hall–Kier alpha value is -2.87. The lowest BCUT2D eigenvalue weighted by molar-refractivity contribution is -0.862. The first-order chi connectivity index (χ1) is 13.0. The molecule has 3 N–H and O–H groups in total. The van der Waals surface area contributed by atoms with Gasteiger partial charge in [0.05, 0.1) is 18.3 Å². The number of carbonyl (C=O) groups excluding carboxylic acids is 2. The number of anilines is 2. The Labute approximate surface area is 161 Å². The second kappa shape index (κ2) is 8.88. The lowest BCUT2D eigenvalue weighted by Gasteiger charge is -2.16. The molecule has 2 aromatic carbocycles. The Bertz CT molecular complexity index is 846. The standard InChI is InChI=1S/C20H22F3N3O2/c1-13-8-14(2)10-15(9-13)24-18(27)11-26(3)12-19(28)25-17-7-5-4-6-16(17)20(21,22)23/h4-10H,11-12H2,1-3H3,(H,24,27)(H,25,28)/p+1. The van der Waals surface area contributed by atoms with Crippen LogP contribution in [0.4, 0.5) is 24.5 Å². The summed E-state index contributed by atoms with van der Waals surface area (Å²) in [6.45, 7) is 3.69. The molecule has 2 amide bonds. The zero-order chi connectivity index (χ0) is 20.9. The van der Waals surface area contributed by atoms with E-state index in [4.69, 9.17) is 0 Å². The highest BCUT2D eigenvalue weighted by Gasteiger charge is 2.33. The molecule has 2 aromatic rings. The van der Waals surface area contributed by atoms with Gasteiger partial charge in [0, 0.05) is 5.69 Å². The van der Waals surface area contributed by atoms with Crippen molar-refractivity contribution in [1.82, 2.24) is 0 Å². The minimum atomic E-state index is -4.56. The Morgan fingerprint density at radius 3 is 2.04 bits per heavy atom. The number of halogens is 3. The van der Waals surface area contributed by atoms with E-state index in [1.54, 1.807) is 7.05 Å². The zero-order valence-electron chi connectivity index (χ0n) is 15.9. The van der Waals surface area contributed by atoms with Crippen molar-refractivity contribution in [1.29, 1.82) is 0 Å².